The lowest BCUT2D eigenvalue weighted by Crippen LogP contribution is -2.27. The molecule has 0 aliphatic carbocycles. The predicted molar refractivity (Wildman–Crippen MR) is 64.9 cm³/mol. The van der Waals surface area contributed by atoms with E-state index in [-0.39, 0.29) is 11.5 Å². The van der Waals surface area contributed by atoms with Gasteiger partial charge in [0.1, 0.15) is 11.6 Å². The maximum atomic E-state index is 13.1. The molecule has 0 bridgehead atoms. The lowest BCUT2D eigenvalue weighted by Gasteiger charge is -2.09. The quantitative estimate of drug-likeness (QED) is 0.808. The molecule has 0 radical (unpaired) electrons. The fourth-order valence-electron chi connectivity index (χ4n) is 2.36. The second-order valence-electron chi connectivity index (χ2n) is 4.60. The normalized spacial score (nSPS) is 14.5. The zero-order valence-electron chi connectivity index (χ0n) is 9.97. The second kappa shape index (κ2) is 4.40. The van der Waals surface area contributed by atoms with Crippen LogP contribution in [-0.2, 0) is 19.5 Å². The van der Waals surface area contributed by atoms with Crippen LogP contribution in [-0.4, -0.2) is 14.3 Å². The number of aryl methyl sites for hydroxylation is 1. The van der Waals surface area contributed by atoms with Crippen LogP contribution in [0, 0.1) is 5.82 Å². The number of hydrogen-bond acceptors (Lipinski definition) is 2. The largest absolute Gasteiger partial charge is 0.346 e. The average molecular weight is 247 g/mol. The van der Waals surface area contributed by atoms with E-state index in [4.69, 9.17) is 0 Å². The van der Waals surface area contributed by atoms with Crippen LogP contribution in [0.1, 0.15) is 24.2 Å². The SMILES string of the molecule is O=c1n(Cc2cccc(F)c2)nc2n1CCCC2. The Morgan fingerprint density at radius 2 is 2.22 bits per heavy atom. The van der Waals surface area contributed by atoms with Gasteiger partial charge in [-0.1, -0.05) is 12.1 Å². The number of benzene rings is 1. The Hall–Kier alpha value is -1.91. The van der Waals surface area contributed by atoms with E-state index in [1.165, 1.54) is 16.8 Å². The van der Waals surface area contributed by atoms with Gasteiger partial charge < -0.3 is 0 Å². The van der Waals surface area contributed by atoms with E-state index in [0.29, 0.717) is 6.54 Å². The van der Waals surface area contributed by atoms with Crippen molar-refractivity contribution in [1.29, 1.82) is 0 Å². The van der Waals surface area contributed by atoms with Crippen LogP contribution in [0.3, 0.4) is 0 Å². The molecular weight excluding hydrogens is 233 g/mol. The smallest absolute Gasteiger partial charge is 0.279 e. The number of hydrogen-bond donors (Lipinski definition) is 0. The molecule has 0 spiro atoms. The van der Waals surface area contributed by atoms with Crippen molar-refractivity contribution >= 4 is 0 Å². The zero-order valence-corrected chi connectivity index (χ0v) is 9.97. The Kier molecular flexibility index (Phi) is 2.74. The molecule has 3 rings (SSSR count). The van der Waals surface area contributed by atoms with Crippen LogP contribution in [0.15, 0.2) is 29.1 Å². The Balaban J connectivity index is 1.94. The summed E-state index contributed by atoms with van der Waals surface area (Å²) >= 11 is 0. The Bertz CT molecular complexity index is 629. The van der Waals surface area contributed by atoms with E-state index < -0.39 is 0 Å². The van der Waals surface area contributed by atoms with Crippen molar-refractivity contribution < 1.29 is 4.39 Å². The van der Waals surface area contributed by atoms with Crippen molar-refractivity contribution in [3.05, 3.63) is 52.0 Å². The fraction of sp³-hybridized carbons (Fsp3) is 0.385. The molecule has 94 valence electrons. The summed E-state index contributed by atoms with van der Waals surface area (Å²) in [7, 11) is 0. The van der Waals surface area contributed by atoms with E-state index in [1.54, 1.807) is 16.7 Å². The highest BCUT2D eigenvalue weighted by atomic mass is 19.1. The van der Waals surface area contributed by atoms with Gasteiger partial charge in [-0.05, 0) is 30.5 Å². The Morgan fingerprint density at radius 3 is 3.00 bits per heavy atom. The van der Waals surface area contributed by atoms with Gasteiger partial charge in [-0.3, -0.25) is 4.57 Å². The third kappa shape index (κ3) is 1.96. The zero-order chi connectivity index (χ0) is 12.5. The first kappa shape index (κ1) is 11.2. The molecule has 1 aliphatic rings. The van der Waals surface area contributed by atoms with E-state index in [2.05, 4.69) is 5.10 Å². The molecular formula is C13H14FN3O. The summed E-state index contributed by atoms with van der Waals surface area (Å²) in [5, 5.41) is 4.32. The molecule has 2 heterocycles. The molecule has 2 aromatic rings. The van der Waals surface area contributed by atoms with Gasteiger partial charge in [0.15, 0.2) is 0 Å². The first-order valence-electron chi connectivity index (χ1n) is 6.15. The molecule has 0 unspecified atom stereocenters. The van der Waals surface area contributed by atoms with Crippen molar-refractivity contribution in [1.82, 2.24) is 14.3 Å². The van der Waals surface area contributed by atoms with E-state index in [9.17, 15) is 9.18 Å². The molecule has 1 aromatic heterocycles. The average Bonchev–Trinajstić information content (AvgIpc) is 2.67. The van der Waals surface area contributed by atoms with E-state index in [0.717, 1.165) is 37.2 Å². The minimum absolute atomic E-state index is 0.0889. The molecule has 0 saturated carbocycles. The van der Waals surface area contributed by atoms with E-state index in [1.807, 2.05) is 0 Å². The van der Waals surface area contributed by atoms with Gasteiger partial charge in [0.25, 0.3) is 0 Å². The van der Waals surface area contributed by atoms with Crippen LogP contribution in [0.2, 0.25) is 0 Å². The predicted octanol–water partition coefficient (Wildman–Crippen LogP) is 1.57. The summed E-state index contributed by atoms with van der Waals surface area (Å²) in [6, 6.07) is 6.27. The number of aromatic nitrogens is 3. The summed E-state index contributed by atoms with van der Waals surface area (Å²) in [6.07, 6.45) is 2.96. The Morgan fingerprint density at radius 1 is 1.33 bits per heavy atom. The summed E-state index contributed by atoms with van der Waals surface area (Å²) in [4.78, 5) is 12.1. The van der Waals surface area contributed by atoms with Gasteiger partial charge >= 0.3 is 5.69 Å². The van der Waals surface area contributed by atoms with Crippen LogP contribution in [0.4, 0.5) is 4.39 Å². The molecule has 0 saturated heterocycles. The number of rotatable bonds is 2. The molecule has 1 aliphatic heterocycles. The summed E-state index contributed by atoms with van der Waals surface area (Å²) in [5.41, 5.74) is 0.668. The topological polar surface area (TPSA) is 39.8 Å². The highest BCUT2D eigenvalue weighted by Gasteiger charge is 2.16. The summed E-state index contributed by atoms with van der Waals surface area (Å²) < 4.78 is 16.2. The molecule has 0 amide bonds. The van der Waals surface area contributed by atoms with Gasteiger partial charge in [-0.25, -0.2) is 13.9 Å². The van der Waals surface area contributed by atoms with Crippen LogP contribution in [0.25, 0.3) is 0 Å². The lowest BCUT2D eigenvalue weighted by molar-refractivity contribution is 0.511. The maximum Gasteiger partial charge on any atom is 0.346 e. The molecule has 0 fully saturated rings. The van der Waals surface area contributed by atoms with Gasteiger partial charge in [0.2, 0.25) is 0 Å². The molecule has 0 N–H and O–H groups in total. The minimum atomic E-state index is -0.287. The van der Waals surface area contributed by atoms with Crippen LogP contribution >= 0.6 is 0 Å². The van der Waals surface area contributed by atoms with E-state index >= 15 is 0 Å². The highest BCUT2D eigenvalue weighted by Crippen LogP contribution is 2.10. The van der Waals surface area contributed by atoms with Crippen molar-refractivity contribution in [2.75, 3.05) is 0 Å². The molecule has 0 atom stereocenters. The molecule has 5 heteroatoms. The standard InChI is InChI=1S/C13H14FN3O/c14-11-5-3-4-10(8-11)9-17-13(18)16-7-2-1-6-12(16)15-17/h3-5,8H,1-2,6-7,9H2. The second-order valence-corrected chi connectivity index (χ2v) is 4.60. The van der Waals surface area contributed by atoms with Gasteiger partial charge in [0, 0.05) is 13.0 Å². The van der Waals surface area contributed by atoms with Crippen molar-refractivity contribution in [2.45, 2.75) is 32.4 Å². The van der Waals surface area contributed by atoms with Gasteiger partial charge in [0.05, 0.1) is 6.54 Å². The number of halogens is 1. The maximum absolute atomic E-state index is 13.1. The first-order valence-corrected chi connectivity index (χ1v) is 6.15. The number of nitrogens with zero attached hydrogens (tertiary/aromatic N) is 3. The van der Waals surface area contributed by atoms with Gasteiger partial charge in [-0.2, -0.15) is 5.10 Å². The van der Waals surface area contributed by atoms with Crippen molar-refractivity contribution in [3.63, 3.8) is 0 Å². The lowest BCUT2D eigenvalue weighted by atomic mass is 10.2. The third-order valence-electron chi connectivity index (χ3n) is 3.25. The van der Waals surface area contributed by atoms with Crippen LogP contribution in [0.5, 0.6) is 0 Å². The van der Waals surface area contributed by atoms with Crippen molar-refractivity contribution in [3.8, 4) is 0 Å². The monoisotopic (exact) mass is 247 g/mol. The highest BCUT2D eigenvalue weighted by molar-refractivity contribution is 5.16. The molecule has 1 aromatic carbocycles. The minimum Gasteiger partial charge on any atom is -0.279 e. The van der Waals surface area contributed by atoms with Gasteiger partial charge in [-0.15, -0.1) is 0 Å². The molecule has 18 heavy (non-hydrogen) atoms. The number of fused-ring (bicyclic) bond motifs is 1. The Labute approximate surface area is 104 Å². The summed E-state index contributed by atoms with van der Waals surface area (Å²) in [5.74, 6) is 0.562. The summed E-state index contributed by atoms with van der Waals surface area (Å²) in [6.45, 7) is 1.08. The van der Waals surface area contributed by atoms with Crippen LogP contribution < -0.4 is 5.69 Å². The third-order valence-corrected chi connectivity index (χ3v) is 3.25. The first-order chi connectivity index (χ1) is 8.74. The molecule has 4 nitrogen and oxygen atoms in total. The van der Waals surface area contributed by atoms with Crippen molar-refractivity contribution in [2.24, 2.45) is 0 Å². The fourth-order valence-corrected chi connectivity index (χ4v) is 2.36.